The number of halogens is 1. The van der Waals surface area contributed by atoms with Gasteiger partial charge in [-0.1, -0.05) is 11.6 Å². The standard InChI is InChI=1S/C18H14ClN3O5S2/c1-26-10-4-5-11-14(8-10)29-16(15(11)19)17(23)21-18(28)20-12-6-3-9(22(24)25)7-13(12)27-2/h3-8H,1-2H3,(H2,20,21,23,28). The van der Waals surface area contributed by atoms with Crippen LogP contribution in [0.25, 0.3) is 10.1 Å². The van der Waals surface area contributed by atoms with E-state index >= 15 is 0 Å². The van der Waals surface area contributed by atoms with Crippen LogP contribution in [0.1, 0.15) is 9.67 Å². The summed E-state index contributed by atoms with van der Waals surface area (Å²) in [6.45, 7) is 0. The van der Waals surface area contributed by atoms with Gasteiger partial charge >= 0.3 is 0 Å². The maximum absolute atomic E-state index is 12.6. The van der Waals surface area contributed by atoms with Crippen LogP contribution in [0.3, 0.4) is 0 Å². The van der Waals surface area contributed by atoms with Crippen molar-refractivity contribution >= 4 is 67.6 Å². The molecule has 1 amide bonds. The smallest absolute Gasteiger partial charge is 0.273 e. The maximum Gasteiger partial charge on any atom is 0.273 e. The van der Waals surface area contributed by atoms with Crippen LogP contribution in [0.2, 0.25) is 5.02 Å². The van der Waals surface area contributed by atoms with Gasteiger partial charge in [-0.05, 0) is 36.5 Å². The van der Waals surface area contributed by atoms with Crippen molar-refractivity contribution in [2.45, 2.75) is 0 Å². The van der Waals surface area contributed by atoms with Crippen molar-refractivity contribution in [2.75, 3.05) is 19.5 Å². The zero-order valence-corrected chi connectivity index (χ0v) is 17.5. The van der Waals surface area contributed by atoms with Gasteiger partial charge in [0.15, 0.2) is 5.11 Å². The molecule has 29 heavy (non-hydrogen) atoms. The lowest BCUT2D eigenvalue weighted by atomic mass is 10.2. The summed E-state index contributed by atoms with van der Waals surface area (Å²) in [7, 11) is 2.93. The SMILES string of the molecule is COc1ccc2c(Cl)c(C(=O)NC(=S)Nc3ccc([N+](=O)[O-])cc3OC)sc2c1. The third-order valence-corrected chi connectivity index (χ3v) is 5.77. The van der Waals surface area contributed by atoms with Gasteiger partial charge < -0.3 is 14.8 Å². The number of nitro groups is 1. The fourth-order valence-corrected chi connectivity index (χ4v) is 4.17. The predicted octanol–water partition coefficient (Wildman–Crippen LogP) is 4.61. The lowest BCUT2D eigenvalue weighted by molar-refractivity contribution is -0.384. The molecule has 2 N–H and O–H groups in total. The van der Waals surface area contributed by atoms with Crippen LogP contribution >= 0.6 is 35.2 Å². The van der Waals surface area contributed by atoms with Gasteiger partial charge in [0.25, 0.3) is 11.6 Å². The molecule has 0 radical (unpaired) electrons. The van der Waals surface area contributed by atoms with E-state index in [0.717, 1.165) is 10.1 Å². The molecule has 0 spiro atoms. The molecule has 0 unspecified atom stereocenters. The number of methoxy groups -OCH3 is 2. The summed E-state index contributed by atoms with van der Waals surface area (Å²) in [5.41, 5.74) is 0.241. The van der Waals surface area contributed by atoms with Gasteiger partial charge in [-0.25, -0.2) is 0 Å². The van der Waals surface area contributed by atoms with E-state index in [0.29, 0.717) is 21.3 Å². The van der Waals surface area contributed by atoms with Crippen LogP contribution in [0.5, 0.6) is 11.5 Å². The normalized spacial score (nSPS) is 10.4. The van der Waals surface area contributed by atoms with Crippen molar-refractivity contribution in [1.82, 2.24) is 5.32 Å². The van der Waals surface area contributed by atoms with Gasteiger partial charge in [0.2, 0.25) is 0 Å². The second-order valence-electron chi connectivity index (χ2n) is 5.66. The average Bonchev–Trinajstić information content (AvgIpc) is 3.03. The molecule has 1 heterocycles. The molecular weight excluding hydrogens is 438 g/mol. The second-order valence-corrected chi connectivity index (χ2v) is 7.50. The fourth-order valence-electron chi connectivity index (χ4n) is 2.53. The molecule has 2 aromatic carbocycles. The van der Waals surface area contributed by atoms with Crippen LogP contribution in [0, 0.1) is 10.1 Å². The molecule has 11 heteroatoms. The number of carbonyl (C=O) groups is 1. The summed E-state index contributed by atoms with van der Waals surface area (Å²) in [4.78, 5) is 23.3. The Morgan fingerprint density at radius 2 is 1.97 bits per heavy atom. The van der Waals surface area contributed by atoms with E-state index in [1.165, 1.54) is 36.6 Å². The molecule has 1 aromatic heterocycles. The van der Waals surface area contributed by atoms with Gasteiger partial charge in [0.05, 0.1) is 35.9 Å². The molecule has 0 saturated heterocycles. The molecule has 3 aromatic rings. The largest absolute Gasteiger partial charge is 0.497 e. The number of rotatable bonds is 5. The Bertz CT molecular complexity index is 1130. The highest BCUT2D eigenvalue weighted by Crippen LogP contribution is 2.37. The lowest BCUT2D eigenvalue weighted by Crippen LogP contribution is -2.33. The third-order valence-electron chi connectivity index (χ3n) is 3.91. The topological polar surface area (TPSA) is 103 Å². The number of thiophene rings is 1. The van der Waals surface area contributed by atoms with Crippen molar-refractivity contribution in [1.29, 1.82) is 0 Å². The Labute approximate surface area is 179 Å². The Kier molecular flexibility index (Phi) is 6.16. The fraction of sp³-hybridized carbons (Fsp3) is 0.111. The molecule has 0 aliphatic carbocycles. The molecule has 0 aliphatic heterocycles. The van der Waals surface area contributed by atoms with E-state index < -0.39 is 10.8 Å². The molecule has 3 rings (SSSR count). The number of hydrogen-bond acceptors (Lipinski definition) is 7. The molecular formula is C18H14ClN3O5S2. The van der Waals surface area contributed by atoms with Gasteiger partial charge in [-0.2, -0.15) is 0 Å². The van der Waals surface area contributed by atoms with E-state index in [1.54, 1.807) is 25.3 Å². The number of thiocarbonyl (C=S) groups is 1. The van der Waals surface area contributed by atoms with Crippen molar-refractivity contribution in [3.05, 3.63) is 56.4 Å². The minimum atomic E-state index is -0.537. The first-order valence-electron chi connectivity index (χ1n) is 8.05. The maximum atomic E-state index is 12.6. The quantitative estimate of drug-likeness (QED) is 0.331. The van der Waals surface area contributed by atoms with Crippen molar-refractivity contribution < 1.29 is 19.2 Å². The first-order valence-corrected chi connectivity index (χ1v) is 9.65. The first kappa shape index (κ1) is 20.8. The Morgan fingerprint density at radius 3 is 2.62 bits per heavy atom. The number of amides is 1. The Balaban J connectivity index is 1.77. The van der Waals surface area contributed by atoms with E-state index in [9.17, 15) is 14.9 Å². The summed E-state index contributed by atoms with van der Waals surface area (Å²) in [5.74, 6) is 0.390. The minimum absolute atomic E-state index is 0.00624. The monoisotopic (exact) mass is 451 g/mol. The van der Waals surface area contributed by atoms with Gasteiger partial charge in [-0.3, -0.25) is 20.2 Å². The molecule has 0 atom stereocenters. The number of ether oxygens (including phenoxy) is 2. The summed E-state index contributed by atoms with van der Waals surface area (Å²) in [5, 5.41) is 17.3. The Morgan fingerprint density at radius 1 is 1.21 bits per heavy atom. The second kappa shape index (κ2) is 8.60. The molecule has 8 nitrogen and oxygen atoms in total. The van der Waals surface area contributed by atoms with Gasteiger partial charge in [0, 0.05) is 16.2 Å². The minimum Gasteiger partial charge on any atom is -0.497 e. The summed E-state index contributed by atoms with van der Waals surface area (Å²) < 4.78 is 11.1. The number of nitro benzene ring substituents is 1. The van der Waals surface area contributed by atoms with Crippen LogP contribution in [0.4, 0.5) is 11.4 Å². The number of non-ortho nitro benzene ring substituents is 1. The molecule has 0 bridgehead atoms. The van der Waals surface area contributed by atoms with Gasteiger partial charge in [-0.15, -0.1) is 11.3 Å². The summed E-state index contributed by atoms with van der Waals surface area (Å²) >= 11 is 12.7. The highest BCUT2D eigenvalue weighted by atomic mass is 35.5. The number of hydrogen-bond donors (Lipinski definition) is 2. The number of anilines is 1. The van der Waals surface area contributed by atoms with Crippen LogP contribution in [-0.2, 0) is 0 Å². The van der Waals surface area contributed by atoms with Gasteiger partial charge in [0.1, 0.15) is 16.4 Å². The van der Waals surface area contributed by atoms with Crippen LogP contribution in [0.15, 0.2) is 36.4 Å². The van der Waals surface area contributed by atoms with Crippen LogP contribution < -0.4 is 20.1 Å². The molecule has 150 valence electrons. The van der Waals surface area contributed by atoms with E-state index in [-0.39, 0.29) is 16.5 Å². The number of fused-ring (bicyclic) bond motifs is 1. The van der Waals surface area contributed by atoms with E-state index in [2.05, 4.69) is 10.6 Å². The molecule has 0 saturated carbocycles. The number of benzene rings is 2. The zero-order valence-electron chi connectivity index (χ0n) is 15.1. The third kappa shape index (κ3) is 4.39. The number of nitrogens with zero attached hydrogens (tertiary/aromatic N) is 1. The van der Waals surface area contributed by atoms with E-state index in [1.807, 2.05) is 0 Å². The lowest BCUT2D eigenvalue weighted by Gasteiger charge is -2.12. The van der Waals surface area contributed by atoms with Crippen molar-refractivity contribution in [2.24, 2.45) is 0 Å². The van der Waals surface area contributed by atoms with Crippen molar-refractivity contribution in [3.8, 4) is 11.5 Å². The predicted molar refractivity (Wildman–Crippen MR) is 117 cm³/mol. The number of carbonyl (C=O) groups excluding carboxylic acids is 1. The average molecular weight is 452 g/mol. The molecule has 0 aliphatic rings. The van der Waals surface area contributed by atoms with Crippen LogP contribution in [-0.4, -0.2) is 30.2 Å². The molecule has 0 fully saturated rings. The summed E-state index contributed by atoms with van der Waals surface area (Å²) in [6.07, 6.45) is 0. The first-order chi connectivity index (χ1) is 13.8. The zero-order chi connectivity index (χ0) is 21.1. The highest BCUT2D eigenvalue weighted by molar-refractivity contribution is 7.80. The van der Waals surface area contributed by atoms with E-state index in [4.69, 9.17) is 33.3 Å². The highest BCUT2D eigenvalue weighted by Gasteiger charge is 2.19. The Hall–Kier alpha value is -2.95. The number of nitrogens with one attached hydrogen (secondary N) is 2. The summed E-state index contributed by atoms with van der Waals surface area (Å²) in [6, 6.07) is 9.32. The van der Waals surface area contributed by atoms with Crippen molar-refractivity contribution in [3.63, 3.8) is 0 Å².